The summed E-state index contributed by atoms with van der Waals surface area (Å²) in [7, 11) is 0. The molecule has 1 N–H and O–H groups in total. The number of aryl methyl sites for hydroxylation is 2. The van der Waals surface area contributed by atoms with Gasteiger partial charge in [-0.3, -0.25) is 0 Å². The fourth-order valence-corrected chi connectivity index (χ4v) is 2.28. The molecule has 0 atom stereocenters. The highest BCUT2D eigenvalue weighted by molar-refractivity contribution is 5.73. The predicted molar refractivity (Wildman–Crippen MR) is 77.1 cm³/mol. The highest BCUT2D eigenvalue weighted by Crippen LogP contribution is 2.15. The zero-order chi connectivity index (χ0) is 13.2. The maximum Gasteiger partial charge on any atom is 0.113 e. The van der Waals surface area contributed by atoms with Crippen molar-refractivity contribution < 1.29 is 0 Å². The monoisotopic (exact) mass is 252 g/mol. The van der Waals surface area contributed by atoms with Crippen molar-refractivity contribution in [2.24, 2.45) is 0 Å². The van der Waals surface area contributed by atoms with Crippen LogP contribution in [0.15, 0.2) is 42.5 Å². The molecule has 0 amide bonds. The molecule has 4 heteroatoms. The minimum atomic E-state index is 0.614. The Kier molecular flexibility index (Phi) is 2.91. The van der Waals surface area contributed by atoms with Gasteiger partial charge in [-0.05, 0) is 49.2 Å². The fourth-order valence-electron chi connectivity index (χ4n) is 2.28. The molecule has 19 heavy (non-hydrogen) atoms. The van der Waals surface area contributed by atoms with Crippen molar-refractivity contribution >= 4 is 16.7 Å². The van der Waals surface area contributed by atoms with E-state index < -0.39 is 0 Å². The second-order valence-electron chi connectivity index (χ2n) is 4.79. The van der Waals surface area contributed by atoms with Gasteiger partial charge in [0, 0.05) is 5.69 Å². The third-order valence-corrected chi connectivity index (χ3v) is 3.07. The zero-order valence-electron chi connectivity index (χ0n) is 11.1. The van der Waals surface area contributed by atoms with Gasteiger partial charge in [-0.1, -0.05) is 23.4 Å². The first-order valence-corrected chi connectivity index (χ1v) is 6.33. The van der Waals surface area contributed by atoms with Gasteiger partial charge in [-0.2, -0.15) is 0 Å². The summed E-state index contributed by atoms with van der Waals surface area (Å²) < 4.78 is 1.87. The maximum atomic E-state index is 4.16. The lowest BCUT2D eigenvalue weighted by molar-refractivity contribution is 0.655. The van der Waals surface area contributed by atoms with Gasteiger partial charge in [0.05, 0.1) is 5.52 Å². The molecule has 0 saturated carbocycles. The smallest absolute Gasteiger partial charge is 0.113 e. The Morgan fingerprint density at radius 1 is 1.05 bits per heavy atom. The second-order valence-corrected chi connectivity index (χ2v) is 4.79. The Balaban J connectivity index is 1.82. The molecule has 3 rings (SSSR count). The first-order chi connectivity index (χ1) is 9.22. The lowest BCUT2D eigenvalue weighted by Gasteiger charge is -2.09. The van der Waals surface area contributed by atoms with Crippen LogP contribution in [0.2, 0.25) is 0 Å². The summed E-state index contributed by atoms with van der Waals surface area (Å²) in [5, 5.41) is 11.7. The van der Waals surface area contributed by atoms with Crippen LogP contribution in [0.5, 0.6) is 0 Å². The van der Waals surface area contributed by atoms with Gasteiger partial charge in [-0.15, -0.1) is 5.10 Å². The molecule has 0 unspecified atom stereocenters. The minimum Gasteiger partial charge on any atom is -0.366 e. The van der Waals surface area contributed by atoms with Gasteiger partial charge in [0.15, 0.2) is 0 Å². The number of rotatable bonds is 3. The molecule has 0 saturated heterocycles. The zero-order valence-corrected chi connectivity index (χ0v) is 11.1. The van der Waals surface area contributed by atoms with Crippen LogP contribution in [0.1, 0.15) is 11.1 Å². The summed E-state index contributed by atoms with van der Waals surface area (Å²) in [4.78, 5) is 0. The largest absolute Gasteiger partial charge is 0.366 e. The van der Waals surface area contributed by atoms with Crippen LogP contribution < -0.4 is 5.32 Å². The third kappa shape index (κ3) is 2.42. The third-order valence-electron chi connectivity index (χ3n) is 3.07. The van der Waals surface area contributed by atoms with Gasteiger partial charge in [0.25, 0.3) is 0 Å². The number of para-hydroxylation sites is 1. The van der Waals surface area contributed by atoms with E-state index in [-0.39, 0.29) is 0 Å². The number of nitrogens with zero attached hydrogens (tertiary/aromatic N) is 3. The van der Waals surface area contributed by atoms with Gasteiger partial charge < -0.3 is 5.32 Å². The molecule has 0 bridgehead atoms. The fraction of sp³-hybridized carbons (Fsp3) is 0.200. The summed E-state index contributed by atoms with van der Waals surface area (Å²) in [5.74, 6) is 0. The highest BCUT2D eigenvalue weighted by Gasteiger charge is 2.02. The Morgan fingerprint density at radius 3 is 2.58 bits per heavy atom. The van der Waals surface area contributed by atoms with Crippen molar-refractivity contribution in [3.8, 4) is 0 Å². The van der Waals surface area contributed by atoms with Crippen LogP contribution in [-0.2, 0) is 6.67 Å². The van der Waals surface area contributed by atoms with E-state index in [1.165, 1.54) is 11.1 Å². The SMILES string of the molecule is Cc1cc(C)cc(NCn2nnc3ccccc32)c1. The first kappa shape index (κ1) is 11.7. The minimum absolute atomic E-state index is 0.614. The number of hydrogen-bond acceptors (Lipinski definition) is 3. The Labute approximate surface area is 112 Å². The summed E-state index contributed by atoms with van der Waals surface area (Å²) in [6.07, 6.45) is 0. The van der Waals surface area contributed by atoms with Crippen LogP contribution in [-0.4, -0.2) is 15.0 Å². The van der Waals surface area contributed by atoms with Gasteiger partial charge in [0.2, 0.25) is 0 Å². The summed E-state index contributed by atoms with van der Waals surface area (Å²) in [5.41, 5.74) is 5.58. The van der Waals surface area contributed by atoms with Crippen LogP contribution >= 0.6 is 0 Å². The van der Waals surface area contributed by atoms with Gasteiger partial charge in [-0.25, -0.2) is 4.68 Å². The second kappa shape index (κ2) is 4.72. The molecule has 0 aliphatic rings. The first-order valence-electron chi connectivity index (χ1n) is 6.33. The lowest BCUT2D eigenvalue weighted by Crippen LogP contribution is -2.09. The molecule has 0 aliphatic heterocycles. The van der Waals surface area contributed by atoms with E-state index in [1.807, 2.05) is 28.9 Å². The van der Waals surface area contributed by atoms with Crippen molar-refractivity contribution in [2.75, 3.05) is 5.32 Å². The number of hydrogen-bond donors (Lipinski definition) is 1. The van der Waals surface area contributed by atoms with E-state index in [1.54, 1.807) is 0 Å². The van der Waals surface area contributed by atoms with Crippen molar-refractivity contribution in [3.05, 3.63) is 53.6 Å². The summed E-state index contributed by atoms with van der Waals surface area (Å²) in [6.45, 7) is 4.81. The van der Waals surface area contributed by atoms with E-state index in [4.69, 9.17) is 0 Å². The van der Waals surface area contributed by atoms with E-state index >= 15 is 0 Å². The quantitative estimate of drug-likeness (QED) is 0.778. The summed E-state index contributed by atoms with van der Waals surface area (Å²) >= 11 is 0. The van der Waals surface area contributed by atoms with Crippen molar-refractivity contribution in [1.82, 2.24) is 15.0 Å². The standard InChI is InChI=1S/C15H16N4/c1-11-7-12(2)9-13(8-11)16-10-19-15-6-4-3-5-14(15)17-18-19/h3-9,16H,10H2,1-2H3. The van der Waals surface area contributed by atoms with E-state index in [2.05, 4.69) is 47.7 Å². The number of anilines is 1. The normalized spacial score (nSPS) is 10.8. The van der Waals surface area contributed by atoms with E-state index in [9.17, 15) is 0 Å². The Hall–Kier alpha value is -2.36. The van der Waals surface area contributed by atoms with Gasteiger partial charge in [0.1, 0.15) is 12.2 Å². The molecule has 0 aliphatic carbocycles. The molecule has 1 heterocycles. The molecule has 96 valence electrons. The number of aromatic nitrogens is 3. The lowest BCUT2D eigenvalue weighted by atomic mass is 10.1. The molecule has 3 aromatic rings. The van der Waals surface area contributed by atoms with Crippen molar-refractivity contribution in [2.45, 2.75) is 20.5 Å². The van der Waals surface area contributed by atoms with Crippen molar-refractivity contribution in [1.29, 1.82) is 0 Å². The maximum absolute atomic E-state index is 4.16. The van der Waals surface area contributed by atoms with Crippen LogP contribution in [0.25, 0.3) is 11.0 Å². The van der Waals surface area contributed by atoms with E-state index in [0.29, 0.717) is 6.67 Å². The van der Waals surface area contributed by atoms with Crippen LogP contribution in [0.3, 0.4) is 0 Å². The predicted octanol–water partition coefficient (Wildman–Crippen LogP) is 3.12. The molecule has 4 nitrogen and oxygen atoms in total. The molecule has 0 radical (unpaired) electrons. The summed E-state index contributed by atoms with van der Waals surface area (Å²) in [6, 6.07) is 14.4. The molecule has 0 spiro atoms. The number of benzene rings is 2. The Bertz CT molecular complexity index is 695. The van der Waals surface area contributed by atoms with Gasteiger partial charge >= 0.3 is 0 Å². The Morgan fingerprint density at radius 2 is 1.79 bits per heavy atom. The molecule has 2 aromatic carbocycles. The van der Waals surface area contributed by atoms with Crippen molar-refractivity contribution in [3.63, 3.8) is 0 Å². The average Bonchev–Trinajstić information content (AvgIpc) is 2.78. The van der Waals surface area contributed by atoms with E-state index in [0.717, 1.165) is 16.7 Å². The van der Waals surface area contributed by atoms with Crippen LogP contribution in [0, 0.1) is 13.8 Å². The molecule has 1 aromatic heterocycles. The molecule has 0 fully saturated rings. The topological polar surface area (TPSA) is 42.7 Å². The molecular formula is C15H16N4. The highest BCUT2D eigenvalue weighted by atomic mass is 15.4. The number of fused-ring (bicyclic) bond motifs is 1. The van der Waals surface area contributed by atoms with Crippen LogP contribution in [0.4, 0.5) is 5.69 Å². The molecular weight excluding hydrogens is 236 g/mol. The average molecular weight is 252 g/mol. The number of nitrogens with one attached hydrogen (secondary N) is 1.